The third-order valence-corrected chi connectivity index (χ3v) is 4.32. The van der Waals surface area contributed by atoms with E-state index in [0.29, 0.717) is 22.6 Å². The lowest BCUT2D eigenvalue weighted by Crippen LogP contribution is -1.99. The minimum absolute atomic E-state index is 0.221. The van der Waals surface area contributed by atoms with E-state index in [-0.39, 0.29) is 11.4 Å². The summed E-state index contributed by atoms with van der Waals surface area (Å²) in [7, 11) is -7.60. The van der Waals surface area contributed by atoms with Gasteiger partial charge in [-0.25, -0.2) is 0 Å². The Morgan fingerprint density at radius 3 is 1.34 bits per heavy atom. The molecule has 35 heavy (non-hydrogen) atoms. The van der Waals surface area contributed by atoms with Crippen LogP contribution in [-0.2, 0) is 28.8 Å². The van der Waals surface area contributed by atoms with Crippen molar-refractivity contribution in [2.45, 2.75) is 0 Å². The number of oxime groups is 2. The molecule has 0 aromatic heterocycles. The molecule has 0 saturated carbocycles. The van der Waals surface area contributed by atoms with Crippen LogP contribution in [0.3, 0.4) is 0 Å². The van der Waals surface area contributed by atoms with E-state index in [2.05, 4.69) is 18.9 Å². The Bertz CT molecular complexity index is 1350. The van der Waals surface area contributed by atoms with Crippen molar-refractivity contribution in [3.8, 4) is 23.6 Å². The highest BCUT2D eigenvalue weighted by molar-refractivity contribution is 7.86. The Balaban J connectivity index is 2.01. The second kappa shape index (κ2) is 12.1. The fourth-order valence-electron chi connectivity index (χ4n) is 2.17. The lowest BCUT2D eigenvalue weighted by Gasteiger charge is -2.06. The van der Waals surface area contributed by atoms with Crippen LogP contribution in [0.5, 0.6) is 11.5 Å². The maximum absolute atomic E-state index is 10.9. The SMILES string of the molecule is CS(=O)(=O)ON=C(C#N)C=Cc1ccc(Oc2ccc(C=CC(C#N)=NOS(C)(=O)=O)cc2)cc1. The first kappa shape index (κ1) is 26.8. The molecule has 0 aliphatic heterocycles. The summed E-state index contributed by atoms with van der Waals surface area (Å²) in [5, 5.41) is 24.5. The number of ether oxygens (including phenoxy) is 1. The number of hydrogen-bond donors (Lipinski definition) is 0. The van der Waals surface area contributed by atoms with Gasteiger partial charge in [-0.05, 0) is 47.5 Å². The van der Waals surface area contributed by atoms with Crippen LogP contribution in [0.4, 0.5) is 0 Å². The fraction of sp³-hybridized carbons (Fsp3) is 0.0909. The maximum Gasteiger partial charge on any atom is 0.325 e. The molecule has 0 bridgehead atoms. The number of allylic oxidation sites excluding steroid dienone is 2. The lowest BCUT2D eigenvalue weighted by atomic mass is 10.2. The Hall–Kier alpha value is -4.46. The smallest absolute Gasteiger partial charge is 0.325 e. The van der Waals surface area contributed by atoms with Crippen molar-refractivity contribution >= 4 is 43.8 Å². The zero-order chi connectivity index (χ0) is 25.9. The molecule has 0 unspecified atom stereocenters. The summed E-state index contributed by atoms with van der Waals surface area (Å²) >= 11 is 0. The Morgan fingerprint density at radius 1 is 0.714 bits per heavy atom. The van der Waals surface area contributed by atoms with Crippen LogP contribution in [-0.4, -0.2) is 40.8 Å². The average molecular weight is 515 g/mol. The molecular formula is C22H18N4O7S2. The van der Waals surface area contributed by atoms with Crippen LogP contribution in [0.15, 0.2) is 71.0 Å². The van der Waals surface area contributed by atoms with Crippen LogP contribution in [0.1, 0.15) is 11.1 Å². The monoisotopic (exact) mass is 514 g/mol. The molecule has 180 valence electrons. The first-order chi connectivity index (χ1) is 16.5. The van der Waals surface area contributed by atoms with Gasteiger partial charge in [0, 0.05) is 0 Å². The average Bonchev–Trinajstić information content (AvgIpc) is 2.80. The van der Waals surface area contributed by atoms with Crippen molar-refractivity contribution in [1.29, 1.82) is 10.5 Å². The van der Waals surface area contributed by atoms with Gasteiger partial charge in [-0.2, -0.15) is 27.4 Å². The van der Waals surface area contributed by atoms with Crippen molar-refractivity contribution in [3.05, 3.63) is 71.8 Å². The van der Waals surface area contributed by atoms with Crippen molar-refractivity contribution < 1.29 is 30.1 Å². The second-order valence-corrected chi connectivity index (χ2v) is 9.76. The normalized spacial score (nSPS) is 12.8. The highest BCUT2D eigenvalue weighted by atomic mass is 32.2. The van der Waals surface area contributed by atoms with Crippen LogP contribution in [0, 0.1) is 22.7 Å². The quantitative estimate of drug-likeness (QED) is 0.341. The zero-order valence-electron chi connectivity index (χ0n) is 18.4. The second-order valence-electron chi connectivity index (χ2n) is 6.64. The van der Waals surface area contributed by atoms with Crippen LogP contribution >= 0.6 is 0 Å². The molecule has 0 heterocycles. The summed E-state index contributed by atoms with van der Waals surface area (Å²) in [6.07, 6.45) is 7.36. The molecule has 2 aromatic carbocycles. The molecule has 0 radical (unpaired) electrons. The molecule has 0 fully saturated rings. The summed E-state index contributed by atoms with van der Waals surface area (Å²) in [6.45, 7) is 0. The molecule has 0 aliphatic rings. The van der Waals surface area contributed by atoms with E-state index in [4.69, 9.17) is 15.3 Å². The van der Waals surface area contributed by atoms with E-state index in [1.165, 1.54) is 12.2 Å². The molecule has 2 rings (SSSR count). The molecule has 0 N–H and O–H groups in total. The van der Waals surface area contributed by atoms with Gasteiger partial charge in [0.15, 0.2) is 11.4 Å². The molecule has 13 heteroatoms. The number of benzene rings is 2. The molecule has 2 aromatic rings. The number of hydrogen-bond acceptors (Lipinski definition) is 11. The summed E-state index contributed by atoms with van der Waals surface area (Å²) in [6, 6.07) is 17.1. The lowest BCUT2D eigenvalue weighted by molar-refractivity contribution is 0.343. The standard InChI is InChI=1S/C22H18N4O7S2/c1-34(27,28)32-25-19(15-23)9-3-17-5-11-21(12-6-17)31-22-13-7-18(8-14-22)4-10-20(16-24)26-33-35(2,29)30/h3-14H,1-2H3. The number of nitriles is 2. The topological polar surface area (TPSA) is 168 Å². The molecule has 0 aliphatic carbocycles. The molecule has 11 nitrogen and oxygen atoms in total. The van der Waals surface area contributed by atoms with E-state index < -0.39 is 20.2 Å². The van der Waals surface area contributed by atoms with E-state index >= 15 is 0 Å². The van der Waals surface area contributed by atoms with Gasteiger partial charge in [0.05, 0.1) is 12.5 Å². The third-order valence-electron chi connectivity index (χ3n) is 3.63. The molecule has 0 spiro atoms. The maximum atomic E-state index is 10.9. The van der Waals surface area contributed by atoms with Gasteiger partial charge in [0.2, 0.25) is 0 Å². The minimum Gasteiger partial charge on any atom is -0.457 e. The van der Waals surface area contributed by atoms with E-state index in [9.17, 15) is 16.8 Å². The molecule has 0 atom stereocenters. The number of nitrogens with zero attached hydrogens (tertiary/aromatic N) is 4. The fourth-order valence-corrected chi connectivity index (χ4v) is 2.60. The van der Waals surface area contributed by atoms with Gasteiger partial charge in [-0.15, -0.1) is 0 Å². The van der Waals surface area contributed by atoms with Gasteiger partial charge in [-0.3, -0.25) is 8.57 Å². The van der Waals surface area contributed by atoms with E-state index in [1.807, 2.05) is 0 Å². The van der Waals surface area contributed by atoms with E-state index in [0.717, 1.165) is 12.5 Å². The van der Waals surface area contributed by atoms with Crippen molar-refractivity contribution in [3.63, 3.8) is 0 Å². The Morgan fingerprint density at radius 2 is 1.06 bits per heavy atom. The van der Waals surface area contributed by atoms with Crippen molar-refractivity contribution in [2.24, 2.45) is 10.3 Å². The van der Waals surface area contributed by atoms with Gasteiger partial charge in [0.1, 0.15) is 23.6 Å². The molecular weight excluding hydrogens is 496 g/mol. The first-order valence-electron chi connectivity index (χ1n) is 9.45. The van der Waals surface area contributed by atoms with Crippen LogP contribution < -0.4 is 4.74 Å². The van der Waals surface area contributed by atoms with Crippen molar-refractivity contribution in [2.75, 3.05) is 12.5 Å². The van der Waals surface area contributed by atoms with E-state index in [1.54, 1.807) is 72.8 Å². The van der Waals surface area contributed by atoms with Crippen LogP contribution in [0.2, 0.25) is 0 Å². The highest BCUT2D eigenvalue weighted by Gasteiger charge is 2.03. The first-order valence-corrected chi connectivity index (χ1v) is 13.1. The molecule has 0 amide bonds. The predicted octanol–water partition coefficient (Wildman–Crippen LogP) is 3.22. The highest BCUT2D eigenvalue weighted by Crippen LogP contribution is 2.23. The molecule has 0 saturated heterocycles. The minimum atomic E-state index is -3.80. The van der Waals surface area contributed by atoms with Gasteiger partial charge < -0.3 is 4.74 Å². The predicted molar refractivity (Wildman–Crippen MR) is 129 cm³/mol. The van der Waals surface area contributed by atoms with Gasteiger partial charge >= 0.3 is 20.2 Å². The van der Waals surface area contributed by atoms with Gasteiger partial charge in [0.25, 0.3) is 0 Å². The summed E-state index contributed by atoms with van der Waals surface area (Å²) in [4.78, 5) is 0. The number of rotatable bonds is 10. The Labute approximate surface area is 202 Å². The summed E-state index contributed by atoms with van der Waals surface area (Å²) in [5.41, 5.74) is 0.965. The summed E-state index contributed by atoms with van der Waals surface area (Å²) < 4.78 is 58.0. The largest absolute Gasteiger partial charge is 0.457 e. The van der Waals surface area contributed by atoms with Crippen LogP contribution in [0.25, 0.3) is 12.2 Å². The summed E-state index contributed by atoms with van der Waals surface area (Å²) in [5.74, 6) is 1.08. The van der Waals surface area contributed by atoms with Crippen molar-refractivity contribution in [1.82, 2.24) is 0 Å². The van der Waals surface area contributed by atoms with Gasteiger partial charge in [-0.1, -0.05) is 46.7 Å². The zero-order valence-corrected chi connectivity index (χ0v) is 20.0. The Kier molecular flexibility index (Phi) is 9.28. The third kappa shape index (κ3) is 10.8.